The molecule has 1 N–H and O–H groups in total. The molecule has 1 aromatic rings. The number of nitrogens with zero attached hydrogens (tertiary/aromatic N) is 1. The minimum atomic E-state index is -4.07. The molecule has 4 rings (SSSR count). The third-order valence-electron chi connectivity index (χ3n) is 8.06. The molecular weight excluding hydrogens is 512 g/mol. The summed E-state index contributed by atoms with van der Waals surface area (Å²) in [6, 6.07) is 5.72. The molecule has 2 aliphatic carbocycles. The Morgan fingerprint density at radius 2 is 1.64 bits per heavy atom. The van der Waals surface area contributed by atoms with Crippen LogP contribution in [0.5, 0.6) is 0 Å². The number of hydrogen-bond donors (Lipinski definition) is 1. The lowest BCUT2D eigenvalue weighted by atomic mass is 9.71. The van der Waals surface area contributed by atoms with Crippen LogP contribution in [0.4, 0.5) is 8.78 Å². The second-order valence-corrected chi connectivity index (χ2v) is 12.8. The van der Waals surface area contributed by atoms with Crippen molar-refractivity contribution in [2.75, 3.05) is 13.1 Å². The minimum absolute atomic E-state index is 0.0190. The zero-order valence-electron chi connectivity index (χ0n) is 19.8. The Bertz CT molecular complexity index is 1170. The number of allylic oxidation sites excluding steroid dienone is 4. The zero-order chi connectivity index (χ0) is 26.1. The Morgan fingerprint density at radius 3 is 2.22 bits per heavy atom. The molecule has 1 aliphatic heterocycles. The number of hydrogen-bond acceptors (Lipinski definition) is 4. The van der Waals surface area contributed by atoms with Gasteiger partial charge in [0.05, 0.1) is 15.6 Å². The van der Waals surface area contributed by atoms with Crippen molar-refractivity contribution in [2.24, 2.45) is 17.8 Å². The van der Waals surface area contributed by atoms with Gasteiger partial charge in [-0.25, -0.2) is 17.2 Å². The van der Waals surface area contributed by atoms with Crippen LogP contribution in [-0.4, -0.2) is 48.1 Å². The quantitative estimate of drug-likeness (QED) is 0.514. The van der Waals surface area contributed by atoms with Gasteiger partial charge in [0.15, 0.2) is 9.84 Å². The summed E-state index contributed by atoms with van der Waals surface area (Å²) in [6.45, 7) is 0.780. The van der Waals surface area contributed by atoms with Crippen LogP contribution in [0, 0.1) is 17.8 Å². The summed E-state index contributed by atoms with van der Waals surface area (Å²) in [5.74, 6) is -3.79. The number of piperidine rings is 1. The average molecular weight is 542 g/mol. The molecule has 3 aliphatic rings. The van der Waals surface area contributed by atoms with E-state index in [2.05, 4.69) is 0 Å². The van der Waals surface area contributed by atoms with Gasteiger partial charge in [-0.2, -0.15) is 0 Å². The summed E-state index contributed by atoms with van der Waals surface area (Å²) >= 11 is 5.94. The maximum Gasteiger partial charge on any atom is 0.306 e. The van der Waals surface area contributed by atoms with Gasteiger partial charge < -0.3 is 10.0 Å². The van der Waals surface area contributed by atoms with E-state index < -0.39 is 44.0 Å². The van der Waals surface area contributed by atoms with Crippen LogP contribution in [-0.2, 0) is 19.4 Å². The third-order valence-corrected chi connectivity index (χ3v) is 11.0. The van der Waals surface area contributed by atoms with Gasteiger partial charge in [0.1, 0.15) is 11.7 Å². The van der Waals surface area contributed by atoms with Gasteiger partial charge >= 0.3 is 5.97 Å². The summed E-state index contributed by atoms with van der Waals surface area (Å²) in [5.41, 5.74) is 0. The van der Waals surface area contributed by atoms with E-state index in [1.54, 1.807) is 4.90 Å². The number of carboxylic acid groups (broad SMARTS) is 1. The van der Waals surface area contributed by atoms with Crippen molar-refractivity contribution in [1.82, 2.24) is 4.90 Å². The van der Waals surface area contributed by atoms with Crippen LogP contribution in [0.25, 0.3) is 0 Å². The highest BCUT2D eigenvalue weighted by Crippen LogP contribution is 2.51. The van der Waals surface area contributed by atoms with E-state index >= 15 is 4.39 Å². The van der Waals surface area contributed by atoms with Gasteiger partial charge in [-0.1, -0.05) is 11.6 Å². The van der Waals surface area contributed by atoms with E-state index in [-0.39, 0.29) is 42.4 Å². The van der Waals surface area contributed by atoms with E-state index in [0.29, 0.717) is 43.8 Å². The number of carbonyl (C=O) groups excluding carboxylic acids is 1. The molecule has 1 saturated carbocycles. The molecule has 10 heteroatoms. The Kier molecular flexibility index (Phi) is 7.90. The number of aliphatic carboxylic acids is 1. The van der Waals surface area contributed by atoms with E-state index in [9.17, 15) is 22.4 Å². The Balaban J connectivity index is 1.52. The van der Waals surface area contributed by atoms with Gasteiger partial charge in [-0.05, 0) is 80.9 Å². The Hall–Kier alpha value is -2.26. The summed E-state index contributed by atoms with van der Waals surface area (Å²) in [6.07, 6.45) is 3.78. The van der Waals surface area contributed by atoms with Crippen molar-refractivity contribution < 1.29 is 31.9 Å². The van der Waals surface area contributed by atoms with Gasteiger partial charge in [0, 0.05) is 36.9 Å². The number of amides is 1. The maximum atomic E-state index is 15.1. The number of carboxylic acids is 1. The lowest BCUT2D eigenvalue weighted by Gasteiger charge is -2.45. The van der Waals surface area contributed by atoms with Crippen LogP contribution in [0.2, 0.25) is 5.02 Å². The molecule has 2 fully saturated rings. The first-order valence-electron chi connectivity index (χ1n) is 12.3. The predicted octanol–water partition coefficient (Wildman–Crippen LogP) is 5.48. The standard InChI is InChI=1S/C26H30ClF2NO5S/c27-19-1-4-21(5-2-19)36(34,35)26(22-16-20(28)3-6-23(22)29)11-7-17(8-12-26)15-24(31)30-13-9-18(10-14-30)25(32)33/h1-6,17-18,22H,7-16H2,(H,32,33). The van der Waals surface area contributed by atoms with Crippen LogP contribution in [0.3, 0.4) is 0 Å². The largest absolute Gasteiger partial charge is 0.481 e. The minimum Gasteiger partial charge on any atom is -0.481 e. The molecule has 1 aromatic carbocycles. The first-order valence-corrected chi connectivity index (χ1v) is 14.1. The second-order valence-electron chi connectivity index (χ2n) is 10.1. The highest BCUT2D eigenvalue weighted by molar-refractivity contribution is 7.92. The lowest BCUT2D eigenvalue weighted by Crippen LogP contribution is -2.49. The van der Waals surface area contributed by atoms with Crippen LogP contribution in [0.15, 0.2) is 53.0 Å². The maximum absolute atomic E-state index is 15.1. The zero-order valence-corrected chi connectivity index (χ0v) is 21.4. The number of carbonyl (C=O) groups is 2. The molecule has 1 heterocycles. The highest BCUT2D eigenvalue weighted by atomic mass is 35.5. The smallest absolute Gasteiger partial charge is 0.306 e. The fourth-order valence-electron chi connectivity index (χ4n) is 5.86. The van der Waals surface area contributed by atoms with Crippen molar-refractivity contribution in [2.45, 2.75) is 61.0 Å². The summed E-state index contributed by atoms with van der Waals surface area (Å²) in [4.78, 5) is 25.7. The van der Waals surface area contributed by atoms with Crippen molar-refractivity contribution in [3.05, 3.63) is 53.1 Å². The van der Waals surface area contributed by atoms with E-state index in [1.165, 1.54) is 24.3 Å². The molecule has 36 heavy (non-hydrogen) atoms. The molecule has 0 radical (unpaired) electrons. The number of likely N-dealkylation sites (tertiary alicyclic amines) is 1. The number of benzene rings is 1. The van der Waals surface area contributed by atoms with E-state index in [0.717, 1.165) is 12.2 Å². The topological polar surface area (TPSA) is 91.8 Å². The number of sulfone groups is 1. The molecule has 1 unspecified atom stereocenters. The van der Waals surface area contributed by atoms with Crippen LogP contribution in [0.1, 0.15) is 51.4 Å². The Labute approximate surface area is 214 Å². The normalized spacial score (nSPS) is 27.8. The molecule has 1 amide bonds. The Morgan fingerprint density at radius 1 is 1.03 bits per heavy atom. The molecule has 1 saturated heterocycles. The molecule has 0 spiro atoms. The molecule has 0 aromatic heterocycles. The molecule has 1 atom stereocenters. The summed E-state index contributed by atoms with van der Waals surface area (Å²) in [5, 5.41) is 9.53. The number of rotatable bonds is 6. The SMILES string of the molecule is O=C(O)C1CCN(C(=O)CC2CCC(C3CC(F)=CC=C3F)(S(=O)(=O)c3ccc(Cl)cc3)CC2)CC1. The highest BCUT2D eigenvalue weighted by Gasteiger charge is 2.54. The van der Waals surface area contributed by atoms with Gasteiger partial charge in [0.25, 0.3) is 0 Å². The third kappa shape index (κ3) is 5.23. The number of halogens is 3. The predicted molar refractivity (Wildman–Crippen MR) is 131 cm³/mol. The fourth-order valence-corrected chi connectivity index (χ4v) is 8.29. The van der Waals surface area contributed by atoms with Crippen molar-refractivity contribution >= 4 is 33.3 Å². The molecule has 196 valence electrons. The van der Waals surface area contributed by atoms with Crippen molar-refractivity contribution in [3.8, 4) is 0 Å². The monoisotopic (exact) mass is 541 g/mol. The van der Waals surface area contributed by atoms with Gasteiger partial charge in [-0.3, -0.25) is 9.59 Å². The fraction of sp³-hybridized carbons (Fsp3) is 0.538. The van der Waals surface area contributed by atoms with E-state index in [1.807, 2.05) is 0 Å². The molecular formula is C26H30ClF2NO5S. The average Bonchev–Trinajstić information content (AvgIpc) is 2.86. The van der Waals surface area contributed by atoms with Crippen molar-refractivity contribution in [3.63, 3.8) is 0 Å². The molecule has 6 nitrogen and oxygen atoms in total. The molecule has 0 bridgehead atoms. The van der Waals surface area contributed by atoms with Crippen LogP contribution < -0.4 is 0 Å². The van der Waals surface area contributed by atoms with Crippen molar-refractivity contribution in [1.29, 1.82) is 0 Å². The van der Waals surface area contributed by atoms with Gasteiger partial charge in [-0.15, -0.1) is 0 Å². The second kappa shape index (κ2) is 10.6. The van der Waals surface area contributed by atoms with Crippen LogP contribution >= 0.6 is 11.6 Å². The summed E-state index contributed by atoms with van der Waals surface area (Å²) < 4.78 is 55.6. The summed E-state index contributed by atoms with van der Waals surface area (Å²) in [7, 11) is -4.07. The van der Waals surface area contributed by atoms with Gasteiger partial charge in [0.2, 0.25) is 5.91 Å². The van der Waals surface area contributed by atoms with E-state index in [4.69, 9.17) is 16.7 Å². The first kappa shape index (κ1) is 26.8. The lowest BCUT2D eigenvalue weighted by molar-refractivity contribution is -0.146. The first-order chi connectivity index (χ1) is 17.0.